The first-order valence-electron chi connectivity index (χ1n) is 10.8. The Kier molecular flexibility index (Phi) is 6.48. The van der Waals surface area contributed by atoms with E-state index in [1.165, 1.54) is 24.3 Å². The Bertz CT molecular complexity index is 1290. The van der Waals surface area contributed by atoms with Gasteiger partial charge in [0.25, 0.3) is 10.1 Å². The largest absolute Gasteiger partial charge is 0.375 e. The zero-order chi connectivity index (χ0) is 23.8. The fourth-order valence-corrected chi connectivity index (χ4v) is 6.46. The predicted molar refractivity (Wildman–Crippen MR) is 121 cm³/mol. The maximum absolute atomic E-state index is 12.8. The number of carbonyl (C=O) groups excluding carboxylic acids is 1. The molecule has 7 nitrogen and oxygen atoms in total. The highest BCUT2D eigenvalue weighted by Gasteiger charge is 2.41. The SMILES string of the molecule is Cc1ccc(S(=O)(=O)OC2=C([C@H]3CCC[C@H]3OS(=O)(=O)c3ccc(C)cc3)CCC2=O)cc1. The van der Waals surface area contributed by atoms with Crippen molar-refractivity contribution in [3.05, 3.63) is 71.0 Å². The van der Waals surface area contributed by atoms with Gasteiger partial charge in [0, 0.05) is 12.3 Å². The number of Topliss-reactive ketones (excluding diaryl/α,β-unsaturated/α-hetero) is 1. The molecular formula is C24H26O7S2. The Morgan fingerprint density at radius 3 is 1.88 bits per heavy atom. The molecule has 0 N–H and O–H groups in total. The van der Waals surface area contributed by atoms with Crippen LogP contribution >= 0.6 is 0 Å². The molecule has 176 valence electrons. The third-order valence-electron chi connectivity index (χ3n) is 6.13. The highest BCUT2D eigenvalue weighted by Crippen LogP contribution is 2.42. The van der Waals surface area contributed by atoms with Crippen LogP contribution in [0.1, 0.15) is 43.2 Å². The first-order valence-corrected chi connectivity index (χ1v) is 13.7. The molecule has 2 aliphatic carbocycles. The first-order chi connectivity index (χ1) is 15.6. The zero-order valence-electron chi connectivity index (χ0n) is 18.5. The van der Waals surface area contributed by atoms with Crippen LogP contribution in [0.5, 0.6) is 0 Å². The molecule has 2 aliphatic rings. The minimum atomic E-state index is -4.19. The Labute approximate surface area is 194 Å². The second-order valence-corrected chi connectivity index (χ2v) is 11.7. The highest BCUT2D eigenvalue weighted by molar-refractivity contribution is 7.87. The van der Waals surface area contributed by atoms with Crippen molar-refractivity contribution in [2.45, 2.75) is 61.8 Å². The van der Waals surface area contributed by atoms with Crippen LogP contribution in [0.25, 0.3) is 0 Å². The van der Waals surface area contributed by atoms with Crippen LogP contribution < -0.4 is 0 Å². The fraction of sp³-hybridized carbons (Fsp3) is 0.375. The van der Waals surface area contributed by atoms with Crippen molar-refractivity contribution >= 4 is 26.0 Å². The summed E-state index contributed by atoms with van der Waals surface area (Å²) < 4.78 is 62.1. The minimum absolute atomic E-state index is 0.0409. The van der Waals surface area contributed by atoms with Gasteiger partial charge in [0.1, 0.15) is 4.90 Å². The van der Waals surface area contributed by atoms with Crippen molar-refractivity contribution in [2.24, 2.45) is 5.92 Å². The summed E-state index contributed by atoms with van der Waals surface area (Å²) in [5, 5.41) is 0. The molecule has 2 aromatic rings. The number of hydrogen-bond acceptors (Lipinski definition) is 7. The molecule has 0 spiro atoms. The van der Waals surface area contributed by atoms with E-state index in [0.29, 0.717) is 31.3 Å². The van der Waals surface area contributed by atoms with E-state index in [0.717, 1.165) is 11.1 Å². The van der Waals surface area contributed by atoms with E-state index in [-0.39, 0.29) is 22.0 Å². The first kappa shape index (κ1) is 23.7. The molecule has 0 aromatic heterocycles. The van der Waals surface area contributed by atoms with Crippen molar-refractivity contribution in [2.75, 3.05) is 0 Å². The molecule has 1 saturated carbocycles. The molecule has 0 bridgehead atoms. The van der Waals surface area contributed by atoms with Crippen molar-refractivity contribution in [1.82, 2.24) is 0 Å². The molecule has 4 rings (SSSR count). The van der Waals surface area contributed by atoms with E-state index in [9.17, 15) is 21.6 Å². The van der Waals surface area contributed by atoms with Gasteiger partial charge < -0.3 is 4.18 Å². The summed E-state index contributed by atoms with van der Waals surface area (Å²) in [6.07, 6.45) is 1.56. The Morgan fingerprint density at radius 2 is 1.30 bits per heavy atom. The molecule has 0 aliphatic heterocycles. The quantitative estimate of drug-likeness (QED) is 0.536. The Balaban J connectivity index is 1.60. The minimum Gasteiger partial charge on any atom is -0.375 e. The van der Waals surface area contributed by atoms with E-state index in [1.54, 1.807) is 24.3 Å². The number of allylic oxidation sites excluding steroid dienone is 1. The van der Waals surface area contributed by atoms with E-state index in [4.69, 9.17) is 8.37 Å². The van der Waals surface area contributed by atoms with Crippen LogP contribution in [0.2, 0.25) is 0 Å². The number of aryl methyl sites for hydroxylation is 2. The molecule has 0 heterocycles. The molecule has 33 heavy (non-hydrogen) atoms. The lowest BCUT2D eigenvalue weighted by molar-refractivity contribution is -0.116. The summed E-state index contributed by atoms with van der Waals surface area (Å²) >= 11 is 0. The van der Waals surface area contributed by atoms with Crippen LogP contribution in [0.3, 0.4) is 0 Å². The number of ketones is 1. The second kappa shape index (κ2) is 9.04. The van der Waals surface area contributed by atoms with Crippen LogP contribution in [-0.2, 0) is 33.4 Å². The molecule has 0 radical (unpaired) electrons. The lowest BCUT2D eigenvalue weighted by atomic mass is 9.94. The summed E-state index contributed by atoms with van der Waals surface area (Å²) in [7, 11) is -8.20. The van der Waals surface area contributed by atoms with Gasteiger partial charge in [-0.05, 0) is 62.9 Å². The van der Waals surface area contributed by atoms with Gasteiger partial charge in [0.2, 0.25) is 0 Å². The molecule has 1 fully saturated rings. The average molecular weight is 491 g/mol. The molecule has 0 amide bonds. The lowest BCUT2D eigenvalue weighted by Crippen LogP contribution is -2.24. The van der Waals surface area contributed by atoms with Crippen LogP contribution in [0.4, 0.5) is 0 Å². The number of rotatable bonds is 7. The van der Waals surface area contributed by atoms with Crippen molar-refractivity contribution in [3.63, 3.8) is 0 Å². The molecule has 0 unspecified atom stereocenters. The number of carbonyl (C=O) groups is 1. The molecule has 2 aromatic carbocycles. The van der Waals surface area contributed by atoms with Gasteiger partial charge in [0.05, 0.1) is 11.0 Å². The third-order valence-corrected chi connectivity index (χ3v) is 8.71. The van der Waals surface area contributed by atoms with Crippen LogP contribution in [0.15, 0.2) is 69.7 Å². The average Bonchev–Trinajstić information content (AvgIpc) is 3.34. The second-order valence-electron chi connectivity index (χ2n) is 8.57. The molecule has 9 heteroatoms. The van der Waals surface area contributed by atoms with Gasteiger partial charge in [-0.25, -0.2) is 0 Å². The summed E-state index contributed by atoms with van der Waals surface area (Å²) in [6, 6.07) is 12.5. The topological polar surface area (TPSA) is 104 Å². The van der Waals surface area contributed by atoms with E-state index in [1.807, 2.05) is 13.8 Å². The normalized spacial score (nSPS) is 21.6. The molecular weight excluding hydrogens is 464 g/mol. The molecule has 2 atom stereocenters. The standard InChI is InChI=1S/C24H26O7S2/c1-16-6-10-18(11-7-16)32(26,27)30-23-5-3-4-20(23)21-14-15-22(25)24(21)31-33(28,29)19-12-8-17(2)9-13-19/h6-13,20,23H,3-5,14-15H2,1-2H3/t20-,23-/m1/s1. The van der Waals surface area contributed by atoms with Crippen molar-refractivity contribution < 1.29 is 30.0 Å². The summed E-state index contributed by atoms with van der Waals surface area (Å²) in [6.45, 7) is 3.70. The lowest BCUT2D eigenvalue weighted by Gasteiger charge is -2.22. The Morgan fingerprint density at radius 1 is 0.758 bits per heavy atom. The number of hydrogen-bond donors (Lipinski definition) is 0. The summed E-state index contributed by atoms with van der Waals surface area (Å²) in [5.74, 6) is -0.989. The fourth-order valence-electron chi connectivity index (χ4n) is 4.33. The maximum atomic E-state index is 12.8. The van der Waals surface area contributed by atoms with Gasteiger partial charge in [-0.3, -0.25) is 8.98 Å². The van der Waals surface area contributed by atoms with Crippen molar-refractivity contribution in [3.8, 4) is 0 Å². The van der Waals surface area contributed by atoms with Gasteiger partial charge in [-0.2, -0.15) is 16.8 Å². The number of benzene rings is 2. The van der Waals surface area contributed by atoms with E-state index < -0.39 is 38.0 Å². The van der Waals surface area contributed by atoms with Gasteiger partial charge >= 0.3 is 10.1 Å². The van der Waals surface area contributed by atoms with Gasteiger partial charge in [-0.1, -0.05) is 41.8 Å². The van der Waals surface area contributed by atoms with Gasteiger partial charge in [0.15, 0.2) is 11.5 Å². The molecule has 0 saturated heterocycles. The third kappa shape index (κ3) is 5.05. The van der Waals surface area contributed by atoms with Gasteiger partial charge in [-0.15, -0.1) is 0 Å². The van der Waals surface area contributed by atoms with E-state index >= 15 is 0 Å². The van der Waals surface area contributed by atoms with Crippen LogP contribution in [-0.4, -0.2) is 28.7 Å². The highest BCUT2D eigenvalue weighted by atomic mass is 32.2. The monoisotopic (exact) mass is 490 g/mol. The van der Waals surface area contributed by atoms with Crippen molar-refractivity contribution in [1.29, 1.82) is 0 Å². The zero-order valence-corrected chi connectivity index (χ0v) is 20.1. The van der Waals surface area contributed by atoms with E-state index in [2.05, 4.69) is 0 Å². The smallest absolute Gasteiger partial charge is 0.339 e. The maximum Gasteiger partial charge on any atom is 0.339 e. The van der Waals surface area contributed by atoms with Crippen LogP contribution in [0, 0.1) is 19.8 Å². The predicted octanol–water partition coefficient (Wildman–Crippen LogP) is 4.20. The summed E-state index contributed by atoms with van der Waals surface area (Å²) in [4.78, 5) is 12.6. The Hall–Kier alpha value is -2.49. The summed E-state index contributed by atoms with van der Waals surface area (Å²) in [5.41, 5.74) is 2.35.